The SMILES string of the molecule is CCOc1ccc(CC(=O)Nc2ccc(S(=O)(=O)N3CCC(C)CC3)cc2)cc1. The van der Waals surface area contributed by atoms with E-state index in [1.165, 1.54) is 0 Å². The van der Waals surface area contributed by atoms with Crippen LogP contribution >= 0.6 is 0 Å². The third-order valence-corrected chi connectivity index (χ3v) is 7.03. The second-order valence-electron chi connectivity index (χ2n) is 7.41. The van der Waals surface area contributed by atoms with Crippen molar-refractivity contribution in [3.8, 4) is 5.75 Å². The fourth-order valence-electron chi connectivity index (χ4n) is 3.35. The van der Waals surface area contributed by atoms with Crippen LogP contribution in [0.2, 0.25) is 0 Å². The van der Waals surface area contributed by atoms with E-state index in [0.717, 1.165) is 24.2 Å². The number of amides is 1. The van der Waals surface area contributed by atoms with Crippen LogP contribution < -0.4 is 10.1 Å². The number of ether oxygens (including phenoxy) is 1. The van der Waals surface area contributed by atoms with Gasteiger partial charge in [-0.25, -0.2) is 8.42 Å². The maximum Gasteiger partial charge on any atom is 0.243 e. The van der Waals surface area contributed by atoms with Gasteiger partial charge in [0.05, 0.1) is 17.9 Å². The molecule has 2 aromatic carbocycles. The van der Waals surface area contributed by atoms with Gasteiger partial charge in [0.25, 0.3) is 0 Å². The summed E-state index contributed by atoms with van der Waals surface area (Å²) in [6.07, 6.45) is 2.01. The lowest BCUT2D eigenvalue weighted by Gasteiger charge is -2.29. The number of carbonyl (C=O) groups is 1. The first-order chi connectivity index (χ1) is 13.9. The number of anilines is 1. The molecule has 1 fully saturated rings. The highest BCUT2D eigenvalue weighted by Gasteiger charge is 2.27. The van der Waals surface area contributed by atoms with Gasteiger partial charge in [0.2, 0.25) is 15.9 Å². The van der Waals surface area contributed by atoms with E-state index in [1.807, 2.05) is 31.2 Å². The molecule has 0 saturated carbocycles. The minimum atomic E-state index is -3.48. The van der Waals surface area contributed by atoms with E-state index in [0.29, 0.717) is 31.3 Å². The average molecular weight is 417 g/mol. The lowest BCUT2D eigenvalue weighted by Crippen LogP contribution is -2.37. The Hall–Kier alpha value is -2.38. The predicted octanol–water partition coefficient (Wildman–Crippen LogP) is 3.69. The van der Waals surface area contributed by atoms with Gasteiger partial charge in [0.1, 0.15) is 5.75 Å². The monoisotopic (exact) mass is 416 g/mol. The van der Waals surface area contributed by atoms with Crippen LogP contribution in [-0.4, -0.2) is 38.3 Å². The molecule has 0 bridgehead atoms. The summed E-state index contributed by atoms with van der Waals surface area (Å²) in [5.41, 5.74) is 1.46. The van der Waals surface area contributed by atoms with Crippen molar-refractivity contribution in [1.29, 1.82) is 0 Å². The van der Waals surface area contributed by atoms with Crippen molar-refractivity contribution in [2.24, 2.45) is 5.92 Å². The van der Waals surface area contributed by atoms with Gasteiger partial charge in [-0.3, -0.25) is 4.79 Å². The third kappa shape index (κ3) is 5.58. The molecule has 29 heavy (non-hydrogen) atoms. The standard InChI is InChI=1S/C22H28N2O4S/c1-3-28-20-8-4-18(5-9-20)16-22(25)23-19-6-10-21(11-7-19)29(26,27)24-14-12-17(2)13-15-24/h4-11,17H,3,12-16H2,1-2H3,(H,23,25). The average Bonchev–Trinajstić information content (AvgIpc) is 2.70. The molecule has 1 amide bonds. The van der Waals surface area contributed by atoms with Gasteiger partial charge in [0.15, 0.2) is 0 Å². The topological polar surface area (TPSA) is 75.7 Å². The maximum absolute atomic E-state index is 12.8. The highest BCUT2D eigenvalue weighted by molar-refractivity contribution is 7.89. The molecule has 0 unspecified atom stereocenters. The van der Waals surface area contributed by atoms with Crippen LogP contribution in [0.25, 0.3) is 0 Å². The first kappa shape index (κ1) is 21.3. The van der Waals surface area contributed by atoms with Crippen molar-refractivity contribution < 1.29 is 17.9 Å². The largest absolute Gasteiger partial charge is 0.494 e. The number of hydrogen-bond donors (Lipinski definition) is 1. The summed E-state index contributed by atoms with van der Waals surface area (Å²) in [6, 6.07) is 13.8. The summed E-state index contributed by atoms with van der Waals surface area (Å²) in [4.78, 5) is 12.5. The first-order valence-electron chi connectivity index (χ1n) is 10.0. The number of hydrogen-bond acceptors (Lipinski definition) is 4. The number of nitrogens with one attached hydrogen (secondary N) is 1. The second-order valence-corrected chi connectivity index (χ2v) is 9.35. The minimum Gasteiger partial charge on any atom is -0.494 e. The van der Waals surface area contributed by atoms with Crippen LogP contribution in [0.15, 0.2) is 53.4 Å². The smallest absolute Gasteiger partial charge is 0.243 e. The zero-order valence-electron chi connectivity index (χ0n) is 16.9. The van der Waals surface area contributed by atoms with Gasteiger partial charge >= 0.3 is 0 Å². The Balaban J connectivity index is 1.59. The Labute approximate surface area is 172 Å². The molecule has 7 heteroatoms. The zero-order chi connectivity index (χ0) is 20.9. The lowest BCUT2D eigenvalue weighted by atomic mass is 10.0. The molecule has 0 spiro atoms. The van der Waals surface area contributed by atoms with Gasteiger partial charge in [-0.2, -0.15) is 4.31 Å². The van der Waals surface area contributed by atoms with Gasteiger partial charge in [-0.15, -0.1) is 0 Å². The Morgan fingerprint density at radius 2 is 1.69 bits per heavy atom. The molecule has 1 aliphatic rings. The van der Waals surface area contributed by atoms with Gasteiger partial charge in [-0.1, -0.05) is 19.1 Å². The lowest BCUT2D eigenvalue weighted by molar-refractivity contribution is -0.115. The van der Waals surface area contributed by atoms with Gasteiger partial charge in [0, 0.05) is 18.8 Å². The van der Waals surface area contributed by atoms with Crippen molar-refractivity contribution in [3.63, 3.8) is 0 Å². The molecule has 0 aromatic heterocycles. The molecule has 1 heterocycles. The Kier molecular flexibility index (Phi) is 6.92. The summed E-state index contributed by atoms with van der Waals surface area (Å²) in [5.74, 6) is 1.18. The van der Waals surface area contributed by atoms with Crippen LogP contribution in [-0.2, 0) is 21.2 Å². The summed E-state index contributed by atoms with van der Waals surface area (Å²) in [7, 11) is -3.48. The maximum atomic E-state index is 12.8. The molecule has 0 radical (unpaired) electrons. The summed E-state index contributed by atoms with van der Waals surface area (Å²) in [5, 5.41) is 2.82. The fraction of sp³-hybridized carbons (Fsp3) is 0.409. The molecule has 0 aliphatic carbocycles. The number of rotatable bonds is 7. The van der Waals surface area contributed by atoms with Gasteiger partial charge < -0.3 is 10.1 Å². The molecule has 2 aromatic rings. The molecule has 3 rings (SSSR count). The van der Waals surface area contributed by atoms with Crippen LogP contribution in [0.1, 0.15) is 32.3 Å². The number of benzene rings is 2. The van der Waals surface area contributed by atoms with Crippen molar-refractivity contribution in [2.75, 3.05) is 25.0 Å². The van der Waals surface area contributed by atoms with Crippen LogP contribution in [0.4, 0.5) is 5.69 Å². The molecule has 0 atom stereocenters. The van der Waals surface area contributed by atoms with E-state index in [9.17, 15) is 13.2 Å². The van der Waals surface area contributed by atoms with Crippen LogP contribution in [0.5, 0.6) is 5.75 Å². The summed E-state index contributed by atoms with van der Waals surface area (Å²) in [6.45, 7) is 5.79. The highest BCUT2D eigenvalue weighted by Crippen LogP contribution is 2.24. The highest BCUT2D eigenvalue weighted by atomic mass is 32.2. The Morgan fingerprint density at radius 1 is 1.07 bits per heavy atom. The third-order valence-electron chi connectivity index (χ3n) is 5.12. The quantitative estimate of drug-likeness (QED) is 0.747. The van der Waals surface area contributed by atoms with Crippen LogP contribution in [0, 0.1) is 5.92 Å². The zero-order valence-corrected chi connectivity index (χ0v) is 17.7. The van der Waals surface area contributed by atoms with E-state index in [4.69, 9.17) is 4.74 Å². The van der Waals surface area contributed by atoms with E-state index < -0.39 is 10.0 Å². The van der Waals surface area contributed by atoms with Crippen molar-refractivity contribution >= 4 is 21.6 Å². The van der Waals surface area contributed by atoms with Crippen molar-refractivity contribution in [1.82, 2.24) is 4.31 Å². The fourth-order valence-corrected chi connectivity index (χ4v) is 4.82. The summed E-state index contributed by atoms with van der Waals surface area (Å²) >= 11 is 0. The molecular formula is C22H28N2O4S. The number of piperidine rings is 1. The van der Waals surface area contributed by atoms with Gasteiger partial charge in [-0.05, 0) is 67.6 Å². The van der Waals surface area contributed by atoms with E-state index in [2.05, 4.69) is 12.2 Å². The number of carbonyl (C=O) groups excluding carboxylic acids is 1. The summed E-state index contributed by atoms with van der Waals surface area (Å²) < 4.78 is 32.5. The molecule has 1 N–H and O–H groups in total. The molecule has 1 saturated heterocycles. The Morgan fingerprint density at radius 3 is 2.28 bits per heavy atom. The molecule has 6 nitrogen and oxygen atoms in total. The second kappa shape index (κ2) is 9.41. The number of nitrogens with zero attached hydrogens (tertiary/aromatic N) is 1. The van der Waals surface area contributed by atoms with E-state index >= 15 is 0 Å². The Bertz CT molecular complexity index is 916. The first-order valence-corrected chi connectivity index (χ1v) is 11.4. The molecule has 156 valence electrons. The molecule has 1 aliphatic heterocycles. The predicted molar refractivity (Wildman–Crippen MR) is 114 cm³/mol. The van der Waals surface area contributed by atoms with Crippen molar-refractivity contribution in [3.05, 3.63) is 54.1 Å². The van der Waals surface area contributed by atoms with Crippen molar-refractivity contribution in [2.45, 2.75) is 38.0 Å². The molecular weight excluding hydrogens is 388 g/mol. The van der Waals surface area contributed by atoms with E-state index in [1.54, 1.807) is 28.6 Å². The number of sulfonamides is 1. The van der Waals surface area contributed by atoms with Crippen LogP contribution in [0.3, 0.4) is 0 Å². The van der Waals surface area contributed by atoms with E-state index in [-0.39, 0.29) is 17.2 Å². The minimum absolute atomic E-state index is 0.158. The normalized spacial score (nSPS) is 15.8.